The summed E-state index contributed by atoms with van der Waals surface area (Å²) in [5, 5.41) is 7.14. The van der Waals surface area contributed by atoms with E-state index in [9.17, 15) is 4.79 Å². The van der Waals surface area contributed by atoms with Crippen LogP contribution in [-0.4, -0.2) is 58.3 Å². The minimum atomic E-state index is -0.0225. The van der Waals surface area contributed by atoms with Crippen molar-refractivity contribution in [2.45, 2.75) is 45.1 Å². The van der Waals surface area contributed by atoms with Crippen molar-refractivity contribution >= 4 is 11.7 Å². The molecule has 4 rings (SSSR count). The number of ether oxygens (including phenoxy) is 1. The fourth-order valence-electron chi connectivity index (χ4n) is 3.86. The standard InChI is InChI=1S/C20H27N5O2/c1-2-6-15-13-17(23-22-15)20(26)25-12-8-16(14-25)27-18-7-5-9-21-19(18)24-10-3-4-11-24/h5,7,9,13,16H,2-4,6,8,10-12,14H2,1H3,(H,22,23). The highest BCUT2D eigenvalue weighted by Crippen LogP contribution is 2.30. The summed E-state index contributed by atoms with van der Waals surface area (Å²) in [5.74, 6) is 1.73. The van der Waals surface area contributed by atoms with Gasteiger partial charge in [-0.1, -0.05) is 13.3 Å². The maximum absolute atomic E-state index is 12.7. The lowest BCUT2D eigenvalue weighted by molar-refractivity contribution is 0.0766. The quantitative estimate of drug-likeness (QED) is 0.847. The summed E-state index contributed by atoms with van der Waals surface area (Å²) in [7, 11) is 0. The summed E-state index contributed by atoms with van der Waals surface area (Å²) in [6, 6.07) is 5.76. The first kappa shape index (κ1) is 17.8. The molecular weight excluding hydrogens is 342 g/mol. The predicted octanol–water partition coefficient (Wildman–Crippen LogP) is 2.65. The van der Waals surface area contributed by atoms with Crippen molar-refractivity contribution in [1.29, 1.82) is 0 Å². The first-order valence-corrected chi connectivity index (χ1v) is 9.94. The third-order valence-corrected chi connectivity index (χ3v) is 5.25. The first-order valence-electron chi connectivity index (χ1n) is 9.94. The van der Waals surface area contributed by atoms with Crippen molar-refractivity contribution in [3.05, 3.63) is 35.8 Å². The number of hydrogen-bond acceptors (Lipinski definition) is 5. The Kier molecular flexibility index (Phi) is 5.27. The van der Waals surface area contributed by atoms with Gasteiger partial charge in [-0.2, -0.15) is 5.10 Å². The second-order valence-electron chi connectivity index (χ2n) is 7.33. The molecule has 1 amide bonds. The van der Waals surface area contributed by atoms with Gasteiger partial charge in [0.25, 0.3) is 5.91 Å². The molecule has 2 aliphatic rings. The Balaban J connectivity index is 1.39. The number of aromatic nitrogens is 3. The Labute approximate surface area is 159 Å². The maximum Gasteiger partial charge on any atom is 0.274 e. The van der Waals surface area contributed by atoms with Crippen LogP contribution < -0.4 is 9.64 Å². The van der Waals surface area contributed by atoms with Crippen LogP contribution in [0.1, 0.15) is 48.8 Å². The molecular formula is C20H27N5O2. The smallest absolute Gasteiger partial charge is 0.274 e. The number of carbonyl (C=O) groups excluding carboxylic acids is 1. The number of aryl methyl sites for hydroxylation is 1. The van der Waals surface area contributed by atoms with Gasteiger partial charge >= 0.3 is 0 Å². The molecule has 2 aromatic rings. The van der Waals surface area contributed by atoms with Crippen LogP contribution in [0.25, 0.3) is 0 Å². The molecule has 0 bridgehead atoms. The van der Waals surface area contributed by atoms with E-state index in [1.54, 1.807) is 0 Å². The predicted molar refractivity (Wildman–Crippen MR) is 103 cm³/mol. The molecule has 1 N–H and O–H groups in total. The lowest BCUT2D eigenvalue weighted by Crippen LogP contribution is -2.31. The molecule has 2 aliphatic heterocycles. The fraction of sp³-hybridized carbons (Fsp3) is 0.550. The van der Waals surface area contributed by atoms with Gasteiger partial charge in [-0.3, -0.25) is 9.89 Å². The van der Waals surface area contributed by atoms with E-state index >= 15 is 0 Å². The minimum absolute atomic E-state index is 0.00597. The molecule has 0 aromatic carbocycles. The molecule has 144 valence electrons. The van der Waals surface area contributed by atoms with Gasteiger partial charge in [0.1, 0.15) is 11.8 Å². The highest BCUT2D eigenvalue weighted by Gasteiger charge is 2.30. The largest absolute Gasteiger partial charge is 0.485 e. The molecule has 1 atom stereocenters. The van der Waals surface area contributed by atoms with Crippen molar-refractivity contribution in [3.63, 3.8) is 0 Å². The fourth-order valence-corrected chi connectivity index (χ4v) is 3.86. The monoisotopic (exact) mass is 369 g/mol. The van der Waals surface area contributed by atoms with Crippen LogP contribution in [0.4, 0.5) is 5.82 Å². The third kappa shape index (κ3) is 3.91. The number of hydrogen-bond donors (Lipinski definition) is 1. The number of amides is 1. The molecule has 1 unspecified atom stereocenters. The van der Waals surface area contributed by atoms with E-state index in [1.165, 1.54) is 12.8 Å². The van der Waals surface area contributed by atoms with Gasteiger partial charge in [-0.25, -0.2) is 4.98 Å². The van der Waals surface area contributed by atoms with Gasteiger partial charge in [-0.05, 0) is 37.5 Å². The molecule has 4 heterocycles. The second-order valence-corrected chi connectivity index (χ2v) is 7.33. The number of aromatic amines is 1. The van der Waals surface area contributed by atoms with Gasteiger partial charge in [0.05, 0.1) is 6.54 Å². The minimum Gasteiger partial charge on any atom is -0.485 e. The van der Waals surface area contributed by atoms with Gasteiger partial charge < -0.3 is 14.5 Å². The van der Waals surface area contributed by atoms with Crippen molar-refractivity contribution in [3.8, 4) is 5.75 Å². The number of rotatable bonds is 6. The number of likely N-dealkylation sites (tertiary alicyclic amines) is 1. The molecule has 7 heteroatoms. The summed E-state index contributed by atoms with van der Waals surface area (Å²) in [5.41, 5.74) is 1.51. The SMILES string of the molecule is CCCc1cc(C(=O)N2CCC(Oc3cccnc3N3CCCC3)C2)n[nH]1. The Hall–Kier alpha value is -2.57. The van der Waals surface area contributed by atoms with Crippen LogP contribution in [0, 0.1) is 0 Å². The highest BCUT2D eigenvalue weighted by atomic mass is 16.5. The number of H-pyrrole nitrogens is 1. The molecule has 2 fully saturated rings. The molecule has 0 radical (unpaired) electrons. The normalized spacial score (nSPS) is 19.7. The van der Waals surface area contributed by atoms with Crippen molar-refractivity contribution in [2.75, 3.05) is 31.1 Å². The molecule has 2 saturated heterocycles. The molecule has 2 aromatic heterocycles. The van der Waals surface area contributed by atoms with Gasteiger partial charge in [-0.15, -0.1) is 0 Å². The maximum atomic E-state index is 12.7. The van der Waals surface area contributed by atoms with Gasteiger partial charge in [0, 0.05) is 37.9 Å². The van der Waals surface area contributed by atoms with Crippen LogP contribution in [0.3, 0.4) is 0 Å². The van der Waals surface area contributed by atoms with Crippen LogP contribution in [0.15, 0.2) is 24.4 Å². The lowest BCUT2D eigenvalue weighted by atomic mass is 10.2. The zero-order chi connectivity index (χ0) is 18.6. The topological polar surface area (TPSA) is 74.4 Å². The molecule has 27 heavy (non-hydrogen) atoms. The van der Waals surface area contributed by atoms with Gasteiger partial charge in [0.15, 0.2) is 11.6 Å². The number of carbonyl (C=O) groups is 1. The van der Waals surface area contributed by atoms with Crippen molar-refractivity contribution in [2.24, 2.45) is 0 Å². The number of nitrogens with zero attached hydrogens (tertiary/aromatic N) is 4. The number of pyridine rings is 1. The van der Waals surface area contributed by atoms with E-state index < -0.39 is 0 Å². The summed E-state index contributed by atoms with van der Waals surface area (Å²) in [4.78, 5) is 21.4. The van der Waals surface area contributed by atoms with Crippen LogP contribution >= 0.6 is 0 Å². The average molecular weight is 369 g/mol. The molecule has 0 spiro atoms. The van der Waals surface area contributed by atoms with E-state index in [1.807, 2.05) is 29.3 Å². The number of anilines is 1. The molecule has 0 saturated carbocycles. The Morgan fingerprint density at radius 1 is 1.33 bits per heavy atom. The highest BCUT2D eigenvalue weighted by molar-refractivity contribution is 5.92. The van der Waals surface area contributed by atoms with E-state index in [0.29, 0.717) is 18.8 Å². The summed E-state index contributed by atoms with van der Waals surface area (Å²) >= 11 is 0. The second kappa shape index (κ2) is 7.98. The van der Waals surface area contributed by atoms with E-state index in [4.69, 9.17) is 4.74 Å². The van der Waals surface area contributed by atoms with E-state index in [2.05, 4.69) is 27.0 Å². The average Bonchev–Trinajstić information content (AvgIpc) is 3.44. The summed E-state index contributed by atoms with van der Waals surface area (Å²) in [6.45, 7) is 5.45. The Morgan fingerprint density at radius 2 is 2.19 bits per heavy atom. The Morgan fingerprint density at radius 3 is 3.00 bits per heavy atom. The third-order valence-electron chi connectivity index (χ3n) is 5.25. The molecule has 0 aliphatic carbocycles. The van der Waals surface area contributed by atoms with Crippen LogP contribution in [-0.2, 0) is 6.42 Å². The van der Waals surface area contributed by atoms with E-state index in [-0.39, 0.29) is 12.0 Å². The zero-order valence-corrected chi connectivity index (χ0v) is 15.9. The lowest BCUT2D eigenvalue weighted by Gasteiger charge is -2.22. The van der Waals surface area contributed by atoms with Crippen molar-refractivity contribution < 1.29 is 9.53 Å². The van der Waals surface area contributed by atoms with Crippen LogP contribution in [0.2, 0.25) is 0 Å². The summed E-state index contributed by atoms with van der Waals surface area (Å²) in [6.07, 6.45) is 6.97. The first-order chi connectivity index (χ1) is 13.2. The molecule has 7 nitrogen and oxygen atoms in total. The Bertz CT molecular complexity index is 784. The van der Waals surface area contributed by atoms with E-state index in [0.717, 1.165) is 49.6 Å². The number of nitrogens with one attached hydrogen (secondary N) is 1. The van der Waals surface area contributed by atoms with Crippen molar-refractivity contribution in [1.82, 2.24) is 20.1 Å². The van der Waals surface area contributed by atoms with Crippen LogP contribution in [0.5, 0.6) is 5.75 Å². The van der Waals surface area contributed by atoms with Gasteiger partial charge in [0.2, 0.25) is 0 Å². The summed E-state index contributed by atoms with van der Waals surface area (Å²) < 4.78 is 6.25. The zero-order valence-electron chi connectivity index (χ0n) is 15.9.